The topological polar surface area (TPSA) is 69.3 Å². The maximum atomic E-state index is 13.6. The Morgan fingerprint density at radius 1 is 1.13 bits per heavy atom. The number of likely N-dealkylation sites (tertiary alicyclic amines) is 1. The summed E-state index contributed by atoms with van der Waals surface area (Å²) in [4.78, 5) is 36.9. The molecule has 3 aromatic rings. The highest BCUT2D eigenvalue weighted by Crippen LogP contribution is 2.47. The van der Waals surface area contributed by atoms with Gasteiger partial charge in [-0.2, -0.15) is 0 Å². The number of hydrogen-bond donors (Lipinski definition) is 1. The summed E-state index contributed by atoms with van der Waals surface area (Å²) in [6, 6.07) is 18.0. The molecule has 1 N–H and O–H groups in total. The lowest BCUT2D eigenvalue weighted by Gasteiger charge is -2.24. The normalized spacial score (nSPS) is 20.5. The Morgan fingerprint density at radius 2 is 1.93 bits per heavy atom. The van der Waals surface area contributed by atoms with Crippen molar-refractivity contribution in [3.8, 4) is 0 Å². The molecule has 30 heavy (non-hydrogen) atoms. The van der Waals surface area contributed by atoms with Gasteiger partial charge in [-0.3, -0.25) is 9.59 Å². The maximum absolute atomic E-state index is 13.6. The van der Waals surface area contributed by atoms with Gasteiger partial charge in [0, 0.05) is 37.7 Å². The van der Waals surface area contributed by atoms with E-state index < -0.39 is 5.41 Å². The van der Waals surface area contributed by atoms with Gasteiger partial charge in [0.15, 0.2) is 5.82 Å². The van der Waals surface area contributed by atoms with Crippen LogP contribution in [-0.4, -0.2) is 46.3 Å². The van der Waals surface area contributed by atoms with Crippen LogP contribution in [-0.2, 0) is 10.2 Å². The Hall–Kier alpha value is -3.67. The standard InChI is InChI=1S/C24H22N4O2/c29-22(21-25-13-14-26-21)27-16-12-24(17-27)19-10-4-5-11-20(19)28(23(24)30)15-6-9-18-7-2-1-3-8-18/h1-11,13-14H,12,15-17H2,(H,25,26). The van der Waals surface area contributed by atoms with Crippen molar-refractivity contribution in [2.24, 2.45) is 0 Å². The van der Waals surface area contributed by atoms with E-state index in [4.69, 9.17) is 0 Å². The molecule has 1 atom stereocenters. The first-order valence-corrected chi connectivity index (χ1v) is 10.1. The number of H-pyrrole nitrogens is 1. The molecule has 0 bridgehead atoms. The van der Waals surface area contributed by atoms with E-state index in [-0.39, 0.29) is 11.8 Å². The van der Waals surface area contributed by atoms with Crippen molar-refractivity contribution < 1.29 is 9.59 Å². The summed E-state index contributed by atoms with van der Waals surface area (Å²) in [5.74, 6) is 0.217. The average molecular weight is 398 g/mol. The largest absolute Gasteiger partial charge is 0.341 e. The van der Waals surface area contributed by atoms with Gasteiger partial charge in [0.1, 0.15) is 0 Å². The highest BCUT2D eigenvalue weighted by atomic mass is 16.2. The molecule has 1 unspecified atom stereocenters. The van der Waals surface area contributed by atoms with Crippen LogP contribution in [0.3, 0.4) is 0 Å². The molecule has 0 aliphatic carbocycles. The highest BCUT2D eigenvalue weighted by Gasteiger charge is 2.55. The van der Waals surface area contributed by atoms with Gasteiger partial charge < -0.3 is 14.8 Å². The van der Waals surface area contributed by atoms with E-state index in [9.17, 15) is 9.59 Å². The molecule has 2 aliphatic heterocycles. The number of para-hydroxylation sites is 1. The number of aromatic amines is 1. The van der Waals surface area contributed by atoms with Crippen molar-refractivity contribution in [1.82, 2.24) is 14.9 Å². The monoisotopic (exact) mass is 398 g/mol. The Kier molecular flexibility index (Phi) is 4.47. The van der Waals surface area contributed by atoms with Gasteiger partial charge in [0.2, 0.25) is 5.91 Å². The molecule has 2 aliphatic rings. The smallest absolute Gasteiger partial charge is 0.289 e. The second-order valence-corrected chi connectivity index (χ2v) is 7.74. The lowest BCUT2D eigenvalue weighted by molar-refractivity contribution is -0.122. The molecule has 3 heterocycles. The lowest BCUT2D eigenvalue weighted by atomic mass is 9.81. The highest BCUT2D eigenvalue weighted by molar-refractivity contribution is 6.09. The van der Waals surface area contributed by atoms with Gasteiger partial charge in [-0.15, -0.1) is 0 Å². The predicted octanol–water partition coefficient (Wildman–Crippen LogP) is 3.25. The van der Waals surface area contributed by atoms with E-state index >= 15 is 0 Å². The zero-order valence-corrected chi connectivity index (χ0v) is 16.5. The fraction of sp³-hybridized carbons (Fsp3) is 0.208. The maximum Gasteiger partial charge on any atom is 0.289 e. The molecule has 6 heteroatoms. The van der Waals surface area contributed by atoms with Crippen molar-refractivity contribution in [3.05, 3.63) is 90.0 Å². The SMILES string of the molecule is O=C(c1ncc[nH]1)N1CCC2(C1)C(=O)N(CC=Cc1ccccc1)c1ccccc12. The van der Waals surface area contributed by atoms with Gasteiger partial charge in [0.05, 0.1) is 5.41 Å². The number of anilines is 1. The van der Waals surface area contributed by atoms with Crippen molar-refractivity contribution in [3.63, 3.8) is 0 Å². The molecular formula is C24H22N4O2. The third-order valence-corrected chi connectivity index (χ3v) is 6.02. The zero-order chi connectivity index (χ0) is 20.6. The summed E-state index contributed by atoms with van der Waals surface area (Å²) in [6.07, 6.45) is 7.87. The number of fused-ring (bicyclic) bond motifs is 2. The molecule has 2 amide bonds. The first-order chi connectivity index (χ1) is 14.7. The molecule has 0 radical (unpaired) electrons. The van der Waals surface area contributed by atoms with E-state index in [0.29, 0.717) is 31.9 Å². The van der Waals surface area contributed by atoms with E-state index in [1.54, 1.807) is 17.3 Å². The number of carbonyl (C=O) groups is 2. The zero-order valence-electron chi connectivity index (χ0n) is 16.5. The Morgan fingerprint density at radius 3 is 2.73 bits per heavy atom. The van der Waals surface area contributed by atoms with Crippen LogP contribution in [0.1, 0.15) is 28.2 Å². The number of rotatable bonds is 4. The third-order valence-electron chi connectivity index (χ3n) is 6.02. The quantitative estimate of drug-likeness (QED) is 0.733. The Balaban J connectivity index is 1.41. The number of carbonyl (C=O) groups excluding carboxylic acids is 2. The molecule has 6 nitrogen and oxygen atoms in total. The number of nitrogens with zero attached hydrogens (tertiary/aromatic N) is 3. The van der Waals surface area contributed by atoms with Gasteiger partial charge in [0.25, 0.3) is 5.91 Å². The van der Waals surface area contributed by atoms with Crippen LogP contribution in [0, 0.1) is 0 Å². The first-order valence-electron chi connectivity index (χ1n) is 10.1. The first kappa shape index (κ1) is 18.4. The van der Waals surface area contributed by atoms with Gasteiger partial charge in [-0.05, 0) is 23.6 Å². The van der Waals surface area contributed by atoms with Gasteiger partial charge in [-0.1, -0.05) is 60.7 Å². The lowest BCUT2D eigenvalue weighted by Crippen LogP contribution is -2.43. The van der Waals surface area contributed by atoms with Crippen molar-refractivity contribution in [2.75, 3.05) is 24.5 Å². The molecule has 1 saturated heterocycles. The Labute approximate surface area is 174 Å². The van der Waals surface area contributed by atoms with Crippen LogP contribution in [0.25, 0.3) is 6.08 Å². The second-order valence-electron chi connectivity index (χ2n) is 7.74. The number of aromatic nitrogens is 2. The van der Waals surface area contributed by atoms with Gasteiger partial charge in [-0.25, -0.2) is 4.98 Å². The number of nitrogens with one attached hydrogen (secondary N) is 1. The van der Waals surface area contributed by atoms with E-state index in [1.807, 2.05) is 71.6 Å². The summed E-state index contributed by atoms with van der Waals surface area (Å²) in [7, 11) is 0. The van der Waals surface area contributed by atoms with E-state index in [1.165, 1.54) is 0 Å². The van der Waals surface area contributed by atoms with Crippen LogP contribution < -0.4 is 4.90 Å². The molecule has 1 aromatic heterocycles. The summed E-state index contributed by atoms with van der Waals surface area (Å²) >= 11 is 0. The summed E-state index contributed by atoms with van der Waals surface area (Å²) in [6.45, 7) is 1.41. The number of imidazole rings is 1. The molecule has 150 valence electrons. The third kappa shape index (κ3) is 2.92. The fourth-order valence-corrected chi connectivity index (χ4v) is 4.55. The molecular weight excluding hydrogens is 376 g/mol. The molecule has 1 spiro atoms. The molecule has 5 rings (SSSR count). The predicted molar refractivity (Wildman–Crippen MR) is 115 cm³/mol. The molecule has 1 fully saturated rings. The number of benzene rings is 2. The second kappa shape index (κ2) is 7.30. The summed E-state index contributed by atoms with van der Waals surface area (Å²) < 4.78 is 0. The number of amides is 2. The van der Waals surface area contributed by atoms with E-state index in [2.05, 4.69) is 9.97 Å². The van der Waals surface area contributed by atoms with Crippen molar-refractivity contribution in [2.45, 2.75) is 11.8 Å². The van der Waals surface area contributed by atoms with Crippen LogP contribution in [0.15, 0.2) is 73.1 Å². The molecule has 0 saturated carbocycles. The molecule has 2 aromatic carbocycles. The van der Waals surface area contributed by atoms with Crippen LogP contribution in [0.4, 0.5) is 5.69 Å². The fourth-order valence-electron chi connectivity index (χ4n) is 4.55. The Bertz CT molecular complexity index is 1110. The van der Waals surface area contributed by atoms with Gasteiger partial charge >= 0.3 is 0 Å². The average Bonchev–Trinajstić information content (AvgIpc) is 3.52. The summed E-state index contributed by atoms with van der Waals surface area (Å²) in [5.41, 5.74) is 2.37. The van der Waals surface area contributed by atoms with Crippen molar-refractivity contribution in [1.29, 1.82) is 0 Å². The minimum Gasteiger partial charge on any atom is -0.341 e. The minimum absolute atomic E-state index is 0.0659. The van der Waals surface area contributed by atoms with E-state index in [0.717, 1.165) is 16.8 Å². The van der Waals surface area contributed by atoms with Crippen LogP contribution in [0.5, 0.6) is 0 Å². The van der Waals surface area contributed by atoms with Crippen molar-refractivity contribution >= 4 is 23.6 Å². The van der Waals surface area contributed by atoms with Crippen LogP contribution in [0.2, 0.25) is 0 Å². The number of hydrogen-bond acceptors (Lipinski definition) is 3. The van der Waals surface area contributed by atoms with Crippen LogP contribution >= 0.6 is 0 Å². The minimum atomic E-state index is -0.681. The summed E-state index contributed by atoms with van der Waals surface area (Å²) in [5, 5.41) is 0.